The van der Waals surface area contributed by atoms with Gasteiger partial charge in [0, 0.05) is 35.8 Å². The first kappa shape index (κ1) is 26.5. The van der Waals surface area contributed by atoms with E-state index >= 15 is 0 Å². The third kappa shape index (κ3) is 5.01. The zero-order chi connectivity index (χ0) is 29.7. The van der Waals surface area contributed by atoms with Gasteiger partial charge in [0.25, 0.3) is 5.91 Å². The highest BCUT2D eigenvalue weighted by atomic mass is 19.1. The minimum absolute atomic E-state index is 0.171. The van der Waals surface area contributed by atoms with Crippen LogP contribution in [0.1, 0.15) is 44.7 Å². The van der Waals surface area contributed by atoms with Crippen molar-refractivity contribution in [3.8, 4) is 11.1 Å². The van der Waals surface area contributed by atoms with Gasteiger partial charge in [-0.2, -0.15) is 0 Å². The molecule has 7 rings (SSSR count). The Labute approximate surface area is 245 Å². The van der Waals surface area contributed by atoms with Gasteiger partial charge in [0.05, 0.1) is 27.7 Å². The van der Waals surface area contributed by atoms with Gasteiger partial charge in [-0.15, -0.1) is 0 Å². The fourth-order valence-electron chi connectivity index (χ4n) is 5.78. The van der Waals surface area contributed by atoms with E-state index in [0.29, 0.717) is 41.6 Å². The lowest BCUT2D eigenvalue weighted by molar-refractivity contribution is 0.0696. The molecule has 0 spiro atoms. The summed E-state index contributed by atoms with van der Waals surface area (Å²) in [6, 6.07) is 25.2. The standard InChI is InChI=1S/C35H25F2N3O3/c36-28-16-26(17-29(37)19-28)25-15-24-9-13-40(20-21-3-4-22-2-1-12-38-31(22)14-21)32(24)30(18-25)33(41)39-35(10-11-35)27-7-5-23(6-8-27)34(42)43/h1-9,12-19H,10-11,20H2,(H,39,41)(H,42,43). The number of carbonyl (C=O) groups is 2. The molecule has 2 heterocycles. The van der Waals surface area contributed by atoms with Crippen LogP contribution >= 0.6 is 0 Å². The molecule has 2 aromatic heterocycles. The molecule has 6 aromatic rings. The van der Waals surface area contributed by atoms with E-state index in [9.17, 15) is 23.5 Å². The van der Waals surface area contributed by atoms with Gasteiger partial charge in [0.2, 0.25) is 0 Å². The van der Waals surface area contributed by atoms with Gasteiger partial charge in [-0.3, -0.25) is 9.78 Å². The number of nitrogens with one attached hydrogen (secondary N) is 1. The number of carbonyl (C=O) groups excluding carboxylic acids is 1. The van der Waals surface area contributed by atoms with Gasteiger partial charge >= 0.3 is 5.97 Å². The smallest absolute Gasteiger partial charge is 0.335 e. The predicted octanol–water partition coefficient (Wildman–Crippen LogP) is 7.30. The monoisotopic (exact) mass is 573 g/mol. The second-order valence-corrected chi connectivity index (χ2v) is 11.0. The lowest BCUT2D eigenvalue weighted by Crippen LogP contribution is -2.35. The molecule has 6 nitrogen and oxygen atoms in total. The summed E-state index contributed by atoms with van der Waals surface area (Å²) < 4.78 is 30.3. The van der Waals surface area contributed by atoms with Crippen LogP contribution in [0, 0.1) is 11.6 Å². The molecule has 0 radical (unpaired) electrons. The first-order valence-corrected chi connectivity index (χ1v) is 13.9. The van der Waals surface area contributed by atoms with Crippen LogP contribution in [0.5, 0.6) is 0 Å². The number of carboxylic acids is 1. The predicted molar refractivity (Wildman–Crippen MR) is 160 cm³/mol. The number of rotatable bonds is 7. The number of fused-ring (bicyclic) bond motifs is 2. The number of hydrogen-bond donors (Lipinski definition) is 2. The molecule has 212 valence electrons. The molecule has 1 saturated carbocycles. The average Bonchev–Trinajstić information content (AvgIpc) is 3.67. The van der Waals surface area contributed by atoms with Crippen molar-refractivity contribution in [2.75, 3.05) is 0 Å². The highest BCUT2D eigenvalue weighted by molar-refractivity contribution is 6.08. The number of benzene rings is 4. The number of aromatic nitrogens is 2. The maximum Gasteiger partial charge on any atom is 0.335 e. The van der Waals surface area contributed by atoms with Gasteiger partial charge in [-0.25, -0.2) is 13.6 Å². The Morgan fingerprint density at radius 2 is 1.60 bits per heavy atom. The summed E-state index contributed by atoms with van der Waals surface area (Å²) in [7, 11) is 0. The zero-order valence-corrected chi connectivity index (χ0v) is 22.9. The van der Waals surface area contributed by atoms with Crippen molar-refractivity contribution < 1.29 is 23.5 Å². The van der Waals surface area contributed by atoms with Crippen LogP contribution < -0.4 is 5.32 Å². The summed E-state index contributed by atoms with van der Waals surface area (Å²) in [6.07, 6.45) is 5.05. The Morgan fingerprint density at radius 3 is 2.33 bits per heavy atom. The summed E-state index contributed by atoms with van der Waals surface area (Å²) >= 11 is 0. The van der Waals surface area contributed by atoms with Crippen molar-refractivity contribution in [3.63, 3.8) is 0 Å². The summed E-state index contributed by atoms with van der Waals surface area (Å²) in [5, 5.41) is 14.3. The minimum Gasteiger partial charge on any atom is -0.478 e. The van der Waals surface area contributed by atoms with E-state index in [1.54, 1.807) is 24.4 Å². The number of halogens is 2. The topological polar surface area (TPSA) is 84.2 Å². The summed E-state index contributed by atoms with van der Waals surface area (Å²) in [6.45, 7) is 0.478. The van der Waals surface area contributed by atoms with Crippen molar-refractivity contribution in [2.24, 2.45) is 0 Å². The fourth-order valence-corrected chi connectivity index (χ4v) is 5.78. The van der Waals surface area contributed by atoms with Crippen molar-refractivity contribution in [3.05, 3.63) is 137 Å². The van der Waals surface area contributed by atoms with Crippen LogP contribution in [0.25, 0.3) is 32.9 Å². The minimum atomic E-state index is -1.02. The highest BCUT2D eigenvalue weighted by Gasteiger charge is 2.46. The van der Waals surface area contributed by atoms with E-state index in [-0.39, 0.29) is 11.5 Å². The largest absolute Gasteiger partial charge is 0.478 e. The number of amides is 1. The molecule has 0 bridgehead atoms. The molecule has 0 saturated heterocycles. The number of carboxylic acid groups (broad SMARTS) is 1. The second kappa shape index (κ2) is 10.2. The van der Waals surface area contributed by atoms with Crippen LogP contribution in [-0.4, -0.2) is 26.5 Å². The van der Waals surface area contributed by atoms with Gasteiger partial charge in [-0.05, 0) is 89.7 Å². The fraction of sp³-hybridized carbons (Fsp3) is 0.114. The van der Waals surface area contributed by atoms with E-state index in [0.717, 1.165) is 33.5 Å². The van der Waals surface area contributed by atoms with Crippen LogP contribution in [0.2, 0.25) is 0 Å². The number of pyridine rings is 1. The van der Waals surface area contributed by atoms with E-state index in [1.807, 2.05) is 53.2 Å². The highest BCUT2D eigenvalue weighted by Crippen LogP contribution is 2.46. The Balaban J connectivity index is 1.31. The van der Waals surface area contributed by atoms with Crippen LogP contribution in [0.3, 0.4) is 0 Å². The Kier molecular flexibility index (Phi) is 6.27. The van der Waals surface area contributed by atoms with E-state index in [4.69, 9.17) is 0 Å². The molecular weight excluding hydrogens is 548 g/mol. The quantitative estimate of drug-likeness (QED) is 0.210. The summed E-state index contributed by atoms with van der Waals surface area (Å²) in [4.78, 5) is 29.9. The lowest BCUT2D eigenvalue weighted by Gasteiger charge is -2.20. The van der Waals surface area contributed by atoms with Crippen molar-refractivity contribution >= 4 is 33.7 Å². The van der Waals surface area contributed by atoms with Crippen molar-refractivity contribution in [2.45, 2.75) is 24.9 Å². The summed E-state index contributed by atoms with van der Waals surface area (Å²) in [5.74, 6) is -2.75. The third-order valence-electron chi connectivity index (χ3n) is 8.11. The maximum atomic E-state index is 14.2. The molecule has 2 N–H and O–H groups in total. The van der Waals surface area contributed by atoms with E-state index in [2.05, 4.69) is 10.3 Å². The molecule has 4 aromatic carbocycles. The molecule has 0 aliphatic heterocycles. The lowest BCUT2D eigenvalue weighted by atomic mass is 9.98. The first-order valence-electron chi connectivity index (χ1n) is 13.9. The van der Waals surface area contributed by atoms with Gasteiger partial charge in [0.1, 0.15) is 11.6 Å². The maximum absolute atomic E-state index is 14.2. The number of aromatic carboxylic acids is 1. The van der Waals surface area contributed by atoms with Crippen LogP contribution in [-0.2, 0) is 12.1 Å². The third-order valence-corrected chi connectivity index (χ3v) is 8.11. The molecule has 1 aliphatic rings. The van der Waals surface area contributed by atoms with Gasteiger partial charge in [0.15, 0.2) is 0 Å². The summed E-state index contributed by atoms with van der Waals surface area (Å²) in [5.41, 5.74) is 4.15. The van der Waals surface area contributed by atoms with Crippen LogP contribution in [0.15, 0.2) is 103 Å². The van der Waals surface area contributed by atoms with Crippen LogP contribution in [0.4, 0.5) is 8.78 Å². The molecule has 1 fully saturated rings. The molecule has 0 unspecified atom stereocenters. The number of nitrogens with zero attached hydrogens (tertiary/aromatic N) is 2. The van der Waals surface area contributed by atoms with Gasteiger partial charge in [-0.1, -0.05) is 30.3 Å². The Hall–Kier alpha value is -5.37. The van der Waals surface area contributed by atoms with Crippen molar-refractivity contribution in [1.82, 2.24) is 14.9 Å². The number of hydrogen-bond acceptors (Lipinski definition) is 3. The second-order valence-electron chi connectivity index (χ2n) is 11.0. The van der Waals surface area contributed by atoms with E-state index in [1.165, 1.54) is 24.3 Å². The van der Waals surface area contributed by atoms with E-state index < -0.39 is 23.1 Å². The Bertz CT molecular complexity index is 2040. The molecule has 8 heteroatoms. The molecule has 0 atom stereocenters. The molecule has 1 amide bonds. The molecule has 43 heavy (non-hydrogen) atoms. The normalized spacial score (nSPS) is 13.7. The van der Waals surface area contributed by atoms with Crippen molar-refractivity contribution in [1.29, 1.82) is 0 Å². The zero-order valence-electron chi connectivity index (χ0n) is 22.9. The SMILES string of the molecule is O=C(O)c1ccc(C2(NC(=O)c3cc(-c4cc(F)cc(F)c4)cc4ccn(Cc5ccc6cccnc6c5)c34)CC2)cc1. The van der Waals surface area contributed by atoms with Gasteiger partial charge < -0.3 is 15.0 Å². The Morgan fingerprint density at radius 1 is 0.860 bits per heavy atom. The molecule has 1 aliphatic carbocycles. The average molecular weight is 574 g/mol. The molecular formula is C35H25F2N3O3. The first-order chi connectivity index (χ1) is 20.8.